The fraction of sp³-hybridized carbons (Fsp3) is 0.500. The number of nitrogens with one attached hydrogen (secondary N) is 2. The maximum Gasteiger partial charge on any atom is 0.273 e. The maximum atomic E-state index is 14.4. The predicted octanol–water partition coefficient (Wildman–Crippen LogP) is 3.49. The molecule has 4 N–H and O–H groups in total. The highest BCUT2D eigenvalue weighted by molar-refractivity contribution is 6.35. The van der Waals surface area contributed by atoms with Crippen molar-refractivity contribution in [3.05, 3.63) is 57.6 Å². The first-order chi connectivity index (χ1) is 22.0. The number of nitrogens with two attached hydrogens (primary N) is 1. The third kappa shape index (κ3) is 7.12. The lowest BCUT2D eigenvalue weighted by Gasteiger charge is -2.44. The Morgan fingerprint density at radius 2 is 1.76 bits per heavy atom. The monoisotopic (exact) mass is 655 g/mol. The van der Waals surface area contributed by atoms with Crippen LogP contribution in [0.25, 0.3) is 5.69 Å². The van der Waals surface area contributed by atoms with Gasteiger partial charge in [-0.15, -0.1) is 5.10 Å². The van der Waals surface area contributed by atoms with Crippen LogP contribution in [0, 0.1) is 19.7 Å². The summed E-state index contributed by atoms with van der Waals surface area (Å²) in [5.41, 5.74) is 8.77. The van der Waals surface area contributed by atoms with E-state index in [2.05, 4.69) is 56.5 Å². The second-order valence-electron chi connectivity index (χ2n) is 12.2. The van der Waals surface area contributed by atoms with E-state index in [0.717, 1.165) is 58.0 Å². The van der Waals surface area contributed by atoms with Crippen LogP contribution in [0.5, 0.6) is 0 Å². The fourth-order valence-electron chi connectivity index (χ4n) is 6.01. The molecule has 0 spiro atoms. The summed E-state index contributed by atoms with van der Waals surface area (Å²) in [6.07, 6.45) is 2.39. The Labute approximate surface area is 274 Å². The van der Waals surface area contributed by atoms with E-state index in [0.29, 0.717) is 23.5 Å². The van der Waals surface area contributed by atoms with Crippen molar-refractivity contribution in [1.29, 1.82) is 0 Å². The van der Waals surface area contributed by atoms with Crippen molar-refractivity contribution in [1.82, 2.24) is 30.1 Å². The molecule has 2 amide bonds. The molecule has 0 aliphatic carbocycles. The summed E-state index contributed by atoms with van der Waals surface area (Å²) in [6, 6.07) is 5.63. The van der Waals surface area contributed by atoms with Gasteiger partial charge in [-0.2, -0.15) is 0 Å². The van der Waals surface area contributed by atoms with Crippen LogP contribution in [0.3, 0.4) is 0 Å². The quantitative estimate of drug-likeness (QED) is 0.234. The van der Waals surface area contributed by atoms with Gasteiger partial charge in [-0.05, 0) is 65.9 Å². The van der Waals surface area contributed by atoms with Crippen LogP contribution in [0.2, 0.25) is 5.02 Å². The molecule has 3 aromatic rings. The highest BCUT2D eigenvalue weighted by Gasteiger charge is 2.30. The number of nitrogen functional groups attached to an aromatic ring is 1. The molecule has 3 heterocycles. The SMILES string of the molecule is Cc1c(F)c(N)cc(C(=O)Nc2c(N3C[C@@H](C)N(C)[C@@H](C)C3)ccc(-n3cc(C(=O)NCCCN4CCOCC4)nn3)c2C)c1Cl. The first-order valence-electron chi connectivity index (χ1n) is 15.6. The molecule has 0 unspecified atom stereocenters. The molecule has 248 valence electrons. The first-order valence-corrected chi connectivity index (χ1v) is 16.0. The summed E-state index contributed by atoms with van der Waals surface area (Å²) in [6.45, 7) is 13.9. The zero-order valence-electron chi connectivity index (χ0n) is 27.1. The highest BCUT2D eigenvalue weighted by Crippen LogP contribution is 2.36. The first kappa shape index (κ1) is 33.6. The molecule has 12 nitrogen and oxygen atoms in total. The van der Waals surface area contributed by atoms with Gasteiger partial charge in [-0.1, -0.05) is 16.8 Å². The van der Waals surface area contributed by atoms with Gasteiger partial charge < -0.3 is 26.0 Å². The summed E-state index contributed by atoms with van der Waals surface area (Å²) in [7, 11) is 2.11. The molecule has 46 heavy (non-hydrogen) atoms. The number of carbonyl (C=O) groups is 2. The minimum absolute atomic E-state index is 0.00160. The number of hydrogen-bond donors (Lipinski definition) is 3. The van der Waals surface area contributed by atoms with Crippen LogP contribution in [-0.2, 0) is 4.74 Å². The molecule has 2 fully saturated rings. The Bertz CT molecular complexity index is 1580. The van der Waals surface area contributed by atoms with Crippen molar-refractivity contribution in [2.75, 3.05) is 75.5 Å². The zero-order chi connectivity index (χ0) is 33.1. The number of anilines is 3. The van der Waals surface area contributed by atoms with Crippen LogP contribution in [0.15, 0.2) is 24.4 Å². The lowest BCUT2D eigenvalue weighted by molar-refractivity contribution is 0.0374. The smallest absolute Gasteiger partial charge is 0.273 e. The molecule has 5 rings (SSSR count). The lowest BCUT2D eigenvalue weighted by atomic mass is 10.0. The Hall–Kier alpha value is -3.78. The molecule has 14 heteroatoms. The molecule has 2 aliphatic rings. The number of amides is 2. The van der Waals surface area contributed by atoms with Crippen LogP contribution in [-0.4, -0.2) is 108 Å². The number of carbonyl (C=O) groups excluding carboxylic acids is 2. The minimum Gasteiger partial charge on any atom is -0.396 e. The average Bonchev–Trinajstić information content (AvgIpc) is 3.54. The maximum absolute atomic E-state index is 14.4. The predicted molar refractivity (Wildman–Crippen MR) is 178 cm³/mol. The molecule has 0 saturated carbocycles. The van der Waals surface area contributed by atoms with Gasteiger partial charge in [-0.3, -0.25) is 19.4 Å². The van der Waals surface area contributed by atoms with Crippen molar-refractivity contribution >= 4 is 40.5 Å². The highest BCUT2D eigenvalue weighted by atomic mass is 35.5. The minimum atomic E-state index is -0.649. The second kappa shape index (κ2) is 14.3. The number of likely N-dealkylation sites (N-methyl/N-ethyl adjacent to an activating group) is 1. The standard InChI is InChI=1S/C32H43ClFN9O3/c1-19-16-42(17-20(2)40(19)5)27-8-7-26(21(3)30(27)37-31(44)23-15-24(35)29(34)22(4)28(23)33)43-18-25(38-39-43)32(45)36-9-6-10-41-11-13-46-14-12-41/h7-8,15,18-20H,6,9-14,16-17,35H2,1-5H3,(H,36,45)(H,37,44)/t19-,20+. The van der Waals surface area contributed by atoms with E-state index >= 15 is 0 Å². The molecule has 1 aromatic heterocycles. The Morgan fingerprint density at radius 1 is 1.09 bits per heavy atom. The van der Waals surface area contributed by atoms with E-state index in [1.807, 2.05) is 19.1 Å². The van der Waals surface area contributed by atoms with E-state index in [9.17, 15) is 14.0 Å². The topological polar surface area (TPSA) is 134 Å². The average molecular weight is 656 g/mol. The van der Waals surface area contributed by atoms with E-state index in [-0.39, 0.29) is 45.5 Å². The van der Waals surface area contributed by atoms with E-state index < -0.39 is 11.7 Å². The summed E-state index contributed by atoms with van der Waals surface area (Å²) >= 11 is 6.42. The van der Waals surface area contributed by atoms with Gasteiger partial charge in [-0.25, -0.2) is 9.07 Å². The summed E-state index contributed by atoms with van der Waals surface area (Å²) in [5, 5.41) is 14.3. The van der Waals surface area contributed by atoms with Crippen LogP contribution in [0.4, 0.5) is 21.5 Å². The van der Waals surface area contributed by atoms with Crippen molar-refractivity contribution in [3.63, 3.8) is 0 Å². The number of morpholine rings is 1. The van der Waals surface area contributed by atoms with E-state index in [1.165, 1.54) is 17.7 Å². The van der Waals surface area contributed by atoms with Crippen LogP contribution in [0.1, 0.15) is 52.2 Å². The lowest BCUT2D eigenvalue weighted by Crippen LogP contribution is -2.55. The third-order valence-corrected chi connectivity index (χ3v) is 9.55. The Kier molecular flexibility index (Phi) is 10.5. The molecule has 0 radical (unpaired) electrons. The normalized spacial score (nSPS) is 19.3. The van der Waals surface area contributed by atoms with Crippen molar-refractivity contribution in [2.24, 2.45) is 0 Å². The van der Waals surface area contributed by atoms with Crippen molar-refractivity contribution < 1.29 is 18.7 Å². The number of nitrogens with zero attached hydrogens (tertiary/aromatic N) is 6. The van der Waals surface area contributed by atoms with E-state index in [4.69, 9.17) is 22.1 Å². The molecular weight excluding hydrogens is 613 g/mol. The largest absolute Gasteiger partial charge is 0.396 e. The van der Waals surface area contributed by atoms with Crippen molar-refractivity contribution in [2.45, 2.75) is 46.2 Å². The Balaban J connectivity index is 1.40. The third-order valence-electron chi connectivity index (χ3n) is 9.06. The van der Waals surface area contributed by atoms with Crippen LogP contribution >= 0.6 is 11.6 Å². The molecule has 2 atom stereocenters. The summed E-state index contributed by atoms with van der Waals surface area (Å²) < 4.78 is 21.3. The molecule has 2 aromatic carbocycles. The summed E-state index contributed by atoms with van der Waals surface area (Å²) in [5.74, 6) is -1.48. The van der Waals surface area contributed by atoms with Crippen molar-refractivity contribution in [3.8, 4) is 5.69 Å². The number of benzene rings is 2. The second-order valence-corrected chi connectivity index (χ2v) is 12.6. The van der Waals surface area contributed by atoms with Gasteiger partial charge in [0.2, 0.25) is 0 Å². The zero-order valence-corrected chi connectivity index (χ0v) is 27.8. The number of rotatable bonds is 9. The number of aromatic nitrogens is 3. The van der Waals surface area contributed by atoms with Crippen LogP contribution < -0.4 is 21.3 Å². The number of ether oxygens (including phenoxy) is 1. The molecule has 0 bridgehead atoms. The van der Waals surface area contributed by atoms with E-state index in [1.54, 1.807) is 6.20 Å². The number of hydrogen-bond acceptors (Lipinski definition) is 9. The van der Waals surface area contributed by atoms with Gasteiger partial charge >= 0.3 is 0 Å². The molecule has 2 aliphatic heterocycles. The number of piperazine rings is 1. The molecule has 2 saturated heterocycles. The van der Waals surface area contributed by atoms with Gasteiger partial charge in [0.25, 0.3) is 11.8 Å². The fourth-order valence-corrected chi connectivity index (χ4v) is 6.23. The van der Waals surface area contributed by atoms with Gasteiger partial charge in [0.05, 0.1) is 52.7 Å². The molecular formula is C32H43ClFN9O3. The summed E-state index contributed by atoms with van der Waals surface area (Å²) in [4.78, 5) is 33.4. The Morgan fingerprint density at radius 3 is 2.46 bits per heavy atom. The number of halogens is 2. The van der Waals surface area contributed by atoms with Gasteiger partial charge in [0.1, 0.15) is 0 Å². The van der Waals surface area contributed by atoms with Gasteiger partial charge in [0.15, 0.2) is 11.5 Å². The van der Waals surface area contributed by atoms with Gasteiger partial charge in [0, 0.05) is 55.9 Å².